The van der Waals surface area contributed by atoms with Crippen molar-refractivity contribution in [1.82, 2.24) is 19.5 Å². The van der Waals surface area contributed by atoms with Crippen molar-refractivity contribution in [3.63, 3.8) is 0 Å². The van der Waals surface area contributed by atoms with Gasteiger partial charge in [0, 0.05) is 18.0 Å². The molecule has 112 valence electrons. The lowest BCUT2D eigenvalue weighted by atomic mass is 10.1. The van der Waals surface area contributed by atoms with E-state index in [1.54, 1.807) is 19.8 Å². The topological polar surface area (TPSA) is 52.8 Å². The van der Waals surface area contributed by atoms with Crippen LogP contribution in [0.25, 0.3) is 22.4 Å². The van der Waals surface area contributed by atoms with Gasteiger partial charge in [-0.15, -0.1) is 11.6 Å². The Morgan fingerprint density at radius 2 is 1.95 bits per heavy atom. The van der Waals surface area contributed by atoms with Crippen molar-refractivity contribution < 1.29 is 4.74 Å². The number of aromatic nitrogens is 4. The first-order valence-corrected chi connectivity index (χ1v) is 7.38. The largest absolute Gasteiger partial charge is 0.497 e. The summed E-state index contributed by atoms with van der Waals surface area (Å²) in [6.45, 7) is 0.683. The summed E-state index contributed by atoms with van der Waals surface area (Å²) in [6, 6.07) is 7.74. The van der Waals surface area contributed by atoms with Crippen molar-refractivity contribution in [1.29, 1.82) is 0 Å². The van der Waals surface area contributed by atoms with E-state index in [-0.39, 0.29) is 0 Å². The zero-order chi connectivity index (χ0) is 15.4. The fourth-order valence-corrected chi connectivity index (χ4v) is 2.35. The molecule has 0 bridgehead atoms. The van der Waals surface area contributed by atoms with Crippen molar-refractivity contribution in [2.75, 3.05) is 13.0 Å². The second-order valence-electron chi connectivity index (χ2n) is 4.65. The molecule has 0 aliphatic carbocycles. The molecule has 5 nitrogen and oxygen atoms in total. The third kappa shape index (κ3) is 2.80. The monoisotopic (exact) mass is 314 g/mol. The van der Waals surface area contributed by atoms with Gasteiger partial charge in [0.25, 0.3) is 0 Å². The number of allylic oxidation sites excluding steroid dienone is 2. The number of hydrogen-bond acceptors (Lipinski definition) is 4. The summed E-state index contributed by atoms with van der Waals surface area (Å²) in [5.74, 6) is 1.31. The van der Waals surface area contributed by atoms with E-state index >= 15 is 0 Å². The molecule has 0 saturated heterocycles. The highest BCUT2D eigenvalue weighted by molar-refractivity contribution is 6.18. The maximum Gasteiger partial charge on any atom is 0.164 e. The molecule has 0 N–H and O–H groups in total. The van der Waals surface area contributed by atoms with Crippen LogP contribution in [-0.4, -0.2) is 32.5 Å². The van der Waals surface area contributed by atoms with E-state index in [1.165, 1.54) is 0 Å². The zero-order valence-corrected chi connectivity index (χ0v) is 12.9. The number of rotatable bonds is 5. The van der Waals surface area contributed by atoms with E-state index < -0.39 is 0 Å². The van der Waals surface area contributed by atoms with Gasteiger partial charge < -0.3 is 9.30 Å². The quantitative estimate of drug-likeness (QED) is 0.535. The Balaban J connectivity index is 2.01. The van der Waals surface area contributed by atoms with Gasteiger partial charge in [-0.3, -0.25) is 0 Å². The highest BCUT2D eigenvalue weighted by Crippen LogP contribution is 2.25. The second kappa shape index (κ2) is 6.58. The molecule has 0 aliphatic rings. The molecule has 0 amide bonds. The van der Waals surface area contributed by atoms with Gasteiger partial charge in [0.1, 0.15) is 23.3 Å². The van der Waals surface area contributed by atoms with Gasteiger partial charge in [0.15, 0.2) is 5.65 Å². The van der Waals surface area contributed by atoms with Crippen LogP contribution in [0.1, 0.15) is 0 Å². The van der Waals surface area contributed by atoms with Crippen molar-refractivity contribution in [3.8, 4) is 17.0 Å². The Hall–Kier alpha value is -2.40. The molecule has 0 spiro atoms. The van der Waals surface area contributed by atoms with Crippen molar-refractivity contribution in [3.05, 3.63) is 49.1 Å². The average molecular weight is 315 g/mol. The van der Waals surface area contributed by atoms with Crippen LogP contribution in [0, 0.1) is 0 Å². The van der Waals surface area contributed by atoms with Gasteiger partial charge in [-0.25, -0.2) is 15.0 Å². The van der Waals surface area contributed by atoms with Crippen LogP contribution in [0.15, 0.2) is 49.1 Å². The first kappa shape index (κ1) is 14.5. The second-order valence-corrected chi connectivity index (χ2v) is 4.95. The summed E-state index contributed by atoms with van der Waals surface area (Å²) >= 11 is 5.64. The predicted molar refractivity (Wildman–Crippen MR) is 87.2 cm³/mol. The molecule has 1 aromatic carbocycles. The lowest BCUT2D eigenvalue weighted by molar-refractivity contribution is 0.415. The van der Waals surface area contributed by atoms with E-state index in [2.05, 4.69) is 15.0 Å². The molecule has 2 heterocycles. The van der Waals surface area contributed by atoms with Crippen LogP contribution in [0.2, 0.25) is 0 Å². The van der Waals surface area contributed by atoms with E-state index in [9.17, 15) is 0 Å². The molecular formula is C16H15ClN4O. The van der Waals surface area contributed by atoms with Crippen LogP contribution in [0.4, 0.5) is 0 Å². The molecule has 0 radical (unpaired) electrons. The van der Waals surface area contributed by atoms with Crippen LogP contribution >= 0.6 is 11.6 Å². The summed E-state index contributed by atoms with van der Waals surface area (Å²) < 4.78 is 7.15. The number of nitrogens with zero attached hydrogens (tertiary/aromatic N) is 4. The van der Waals surface area contributed by atoms with Gasteiger partial charge in [-0.05, 0) is 24.3 Å². The molecular weight excluding hydrogens is 300 g/mol. The van der Waals surface area contributed by atoms with Crippen LogP contribution in [0.5, 0.6) is 5.75 Å². The fourth-order valence-electron chi connectivity index (χ4n) is 2.23. The Labute approximate surface area is 133 Å². The molecule has 0 unspecified atom stereocenters. The smallest absolute Gasteiger partial charge is 0.164 e. The maximum atomic E-state index is 5.64. The number of alkyl halides is 1. The minimum Gasteiger partial charge on any atom is -0.497 e. The van der Waals surface area contributed by atoms with Gasteiger partial charge in [0.2, 0.25) is 0 Å². The molecule has 0 saturated carbocycles. The standard InChI is InChI=1S/C16H15ClN4O/c1-22-13-6-4-12(5-7-13)14-15-16(19-10-18-14)21(11-20-15)9-3-2-8-17/h2-7,10-11H,8-9H2,1H3/b3-2+. The predicted octanol–water partition coefficient (Wildman–Crippen LogP) is 3.30. The highest BCUT2D eigenvalue weighted by Gasteiger charge is 2.11. The van der Waals surface area contributed by atoms with Gasteiger partial charge in [0.05, 0.1) is 13.4 Å². The highest BCUT2D eigenvalue weighted by atomic mass is 35.5. The summed E-state index contributed by atoms with van der Waals surface area (Å²) in [7, 11) is 1.65. The molecule has 0 atom stereocenters. The number of benzene rings is 1. The summed E-state index contributed by atoms with van der Waals surface area (Å²) in [5, 5.41) is 0. The Kier molecular flexibility index (Phi) is 4.34. The number of ether oxygens (including phenoxy) is 1. The molecule has 3 aromatic rings. The Bertz CT molecular complexity index is 796. The van der Waals surface area contributed by atoms with E-state index in [0.29, 0.717) is 12.4 Å². The lowest BCUT2D eigenvalue weighted by Gasteiger charge is -2.04. The molecule has 22 heavy (non-hydrogen) atoms. The number of halogens is 1. The first-order valence-electron chi connectivity index (χ1n) is 6.84. The number of imidazole rings is 1. The SMILES string of the molecule is COc1ccc(-c2ncnc3c2ncn3C/C=C/CCl)cc1. The number of fused-ring (bicyclic) bond motifs is 1. The first-order chi connectivity index (χ1) is 10.8. The Morgan fingerprint density at radius 3 is 2.68 bits per heavy atom. The molecule has 3 rings (SSSR count). The minimum atomic E-state index is 0.499. The van der Waals surface area contributed by atoms with E-state index in [0.717, 1.165) is 28.2 Å². The summed E-state index contributed by atoms with van der Waals surface area (Å²) in [6.07, 6.45) is 7.22. The van der Waals surface area contributed by atoms with Gasteiger partial charge in [-0.1, -0.05) is 12.2 Å². The lowest BCUT2D eigenvalue weighted by Crippen LogP contribution is -1.96. The molecule has 0 fully saturated rings. The number of methoxy groups -OCH3 is 1. The maximum absolute atomic E-state index is 5.64. The average Bonchev–Trinajstić information content (AvgIpc) is 2.98. The van der Waals surface area contributed by atoms with E-state index in [4.69, 9.17) is 16.3 Å². The van der Waals surface area contributed by atoms with Crippen LogP contribution < -0.4 is 4.74 Å². The van der Waals surface area contributed by atoms with Crippen molar-refractivity contribution >= 4 is 22.8 Å². The van der Waals surface area contributed by atoms with Crippen LogP contribution in [0.3, 0.4) is 0 Å². The normalized spacial score (nSPS) is 11.4. The van der Waals surface area contributed by atoms with Crippen molar-refractivity contribution in [2.24, 2.45) is 0 Å². The zero-order valence-electron chi connectivity index (χ0n) is 12.1. The Morgan fingerprint density at radius 1 is 1.14 bits per heavy atom. The third-order valence-electron chi connectivity index (χ3n) is 3.32. The van der Waals surface area contributed by atoms with E-state index in [1.807, 2.05) is 41.0 Å². The summed E-state index contributed by atoms with van der Waals surface area (Å²) in [5.41, 5.74) is 3.38. The fraction of sp³-hybridized carbons (Fsp3) is 0.188. The minimum absolute atomic E-state index is 0.499. The van der Waals surface area contributed by atoms with Crippen LogP contribution in [-0.2, 0) is 6.54 Å². The molecule has 2 aromatic heterocycles. The molecule has 0 aliphatic heterocycles. The summed E-state index contributed by atoms with van der Waals surface area (Å²) in [4.78, 5) is 13.2. The number of hydrogen-bond donors (Lipinski definition) is 0. The van der Waals surface area contributed by atoms with Crippen molar-refractivity contribution in [2.45, 2.75) is 6.54 Å². The van der Waals surface area contributed by atoms with Gasteiger partial charge >= 0.3 is 0 Å². The van der Waals surface area contributed by atoms with Gasteiger partial charge in [-0.2, -0.15) is 0 Å². The third-order valence-corrected chi connectivity index (χ3v) is 3.50. The molecule has 6 heteroatoms.